The van der Waals surface area contributed by atoms with Crippen molar-refractivity contribution in [3.8, 4) is 0 Å². The molecule has 1 aliphatic heterocycles. The third kappa shape index (κ3) is 7.19. The minimum absolute atomic E-state index is 0.00425. The standard InChI is InChI=1S/C15H26O2/c1-14-12-10-8-6-4-2-3-5-7-9-11-13-17-15(14)16/h3,5,14H,2,4,6-13H2,1H3/b5-3+/t14-/m1/s1. The molecule has 2 heteroatoms. The Hall–Kier alpha value is -0.790. The molecule has 0 aromatic heterocycles. The van der Waals surface area contributed by atoms with Crippen LogP contribution >= 0.6 is 0 Å². The Bertz CT molecular complexity index is 233. The Balaban J connectivity index is 2.29. The fourth-order valence-corrected chi connectivity index (χ4v) is 2.10. The minimum Gasteiger partial charge on any atom is -0.465 e. The van der Waals surface area contributed by atoms with Crippen molar-refractivity contribution in [3.63, 3.8) is 0 Å². The van der Waals surface area contributed by atoms with E-state index < -0.39 is 0 Å². The molecule has 1 aliphatic rings. The Morgan fingerprint density at radius 2 is 1.65 bits per heavy atom. The molecule has 2 nitrogen and oxygen atoms in total. The van der Waals surface area contributed by atoms with Crippen LogP contribution in [0.25, 0.3) is 0 Å². The van der Waals surface area contributed by atoms with Gasteiger partial charge in [0.1, 0.15) is 0 Å². The Morgan fingerprint density at radius 3 is 2.41 bits per heavy atom. The van der Waals surface area contributed by atoms with Crippen LogP contribution in [0.2, 0.25) is 0 Å². The molecule has 0 aromatic carbocycles. The van der Waals surface area contributed by atoms with Gasteiger partial charge in [0.2, 0.25) is 0 Å². The molecule has 1 rings (SSSR count). The molecule has 1 heterocycles. The van der Waals surface area contributed by atoms with E-state index >= 15 is 0 Å². The topological polar surface area (TPSA) is 26.3 Å². The predicted molar refractivity (Wildman–Crippen MR) is 70.8 cm³/mol. The summed E-state index contributed by atoms with van der Waals surface area (Å²) in [6.07, 6.45) is 15.0. The zero-order valence-corrected chi connectivity index (χ0v) is 11.1. The maximum atomic E-state index is 11.6. The summed E-state index contributed by atoms with van der Waals surface area (Å²) in [7, 11) is 0. The summed E-state index contributed by atoms with van der Waals surface area (Å²) in [6, 6.07) is 0. The number of hydrogen-bond acceptors (Lipinski definition) is 2. The van der Waals surface area contributed by atoms with E-state index in [1.807, 2.05) is 6.92 Å². The molecule has 0 fully saturated rings. The van der Waals surface area contributed by atoms with Crippen molar-refractivity contribution in [2.45, 2.75) is 64.7 Å². The van der Waals surface area contributed by atoms with Crippen molar-refractivity contribution in [1.82, 2.24) is 0 Å². The highest BCUT2D eigenvalue weighted by molar-refractivity contribution is 5.71. The number of carbonyl (C=O) groups is 1. The monoisotopic (exact) mass is 238 g/mol. The lowest BCUT2D eigenvalue weighted by Gasteiger charge is -2.10. The van der Waals surface area contributed by atoms with Gasteiger partial charge in [0.05, 0.1) is 12.5 Å². The van der Waals surface area contributed by atoms with Gasteiger partial charge in [-0.1, -0.05) is 38.3 Å². The van der Waals surface area contributed by atoms with E-state index in [9.17, 15) is 4.79 Å². The summed E-state index contributed by atoms with van der Waals surface area (Å²) < 4.78 is 5.27. The van der Waals surface area contributed by atoms with Gasteiger partial charge >= 0.3 is 5.97 Å². The van der Waals surface area contributed by atoms with Crippen LogP contribution in [0.15, 0.2) is 12.2 Å². The van der Waals surface area contributed by atoms with Crippen LogP contribution in [0, 0.1) is 5.92 Å². The first-order valence-corrected chi connectivity index (χ1v) is 7.12. The second kappa shape index (κ2) is 9.26. The molecule has 0 aromatic rings. The summed E-state index contributed by atoms with van der Waals surface area (Å²) in [5.41, 5.74) is 0. The fourth-order valence-electron chi connectivity index (χ4n) is 2.10. The van der Waals surface area contributed by atoms with Gasteiger partial charge in [0.25, 0.3) is 0 Å². The summed E-state index contributed by atoms with van der Waals surface area (Å²) in [5, 5.41) is 0. The van der Waals surface area contributed by atoms with Crippen molar-refractivity contribution in [2.75, 3.05) is 6.61 Å². The summed E-state index contributed by atoms with van der Waals surface area (Å²) in [6.45, 7) is 2.58. The second-order valence-electron chi connectivity index (χ2n) is 5.03. The average Bonchev–Trinajstić information content (AvgIpc) is 2.34. The molecule has 0 radical (unpaired) electrons. The Kier molecular flexibility index (Phi) is 7.78. The smallest absolute Gasteiger partial charge is 0.308 e. The van der Waals surface area contributed by atoms with Crippen molar-refractivity contribution in [2.24, 2.45) is 5.92 Å². The highest BCUT2D eigenvalue weighted by Crippen LogP contribution is 2.14. The van der Waals surface area contributed by atoms with Crippen LogP contribution in [0.3, 0.4) is 0 Å². The lowest BCUT2D eigenvalue weighted by Crippen LogP contribution is -2.15. The minimum atomic E-state index is -0.00425. The zero-order chi connectivity index (χ0) is 12.3. The first-order valence-electron chi connectivity index (χ1n) is 7.12. The molecular formula is C15H26O2. The van der Waals surface area contributed by atoms with Crippen molar-refractivity contribution in [3.05, 3.63) is 12.2 Å². The third-order valence-corrected chi connectivity index (χ3v) is 3.34. The molecule has 0 saturated carbocycles. The van der Waals surface area contributed by atoms with Crippen LogP contribution in [0.5, 0.6) is 0 Å². The molecule has 0 saturated heterocycles. The molecule has 1 atom stereocenters. The van der Waals surface area contributed by atoms with Crippen LogP contribution in [0.4, 0.5) is 0 Å². The molecule has 0 N–H and O–H groups in total. The maximum Gasteiger partial charge on any atom is 0.308 e. The molecule has 0 bridgehead atoms. The number of rotatable bonds is 0. The third-order valence-electron chi connectivity index (χ3n) is 3.34. The molecule has 98 valence electrons. The van der Waals surface area contributed by atoms with Crippen LogP contribution in [-0.4, -0.2) is 12.6 Å². The van der Waals surface area contributed by atoms with Gasteiger partial charge < -0.3 is 4.74 Å². The summed E-state index contributed by atoms with van der Waals surface area (Å²) in [4.78, 5) is 11.6. The van der Waals surface area contributed by atoms with Gasteiger partial charge in [-0.05, 0) is 38.5 Å². The molecule has 0 unspecified atom stereocenters. The van der Waals surface area contributed by atoms with E-state index in [2.05, 4.69) is 12.2 Å². The van der Waals surface area contributed by atoms with Gasteiger partial charge in [0, 0.05) is 0 Å². The van der Waals surface area contributed by atoms with Gasteiger partial charge in [-0.15, -0.1) is 0 Å². The SMILES string of the molecule is C[C@@H]1CCCCCC/C=C/CCCCOC1=O. The van der Waals surface area contributed by atoms with E-state index in [-0.39, 0.29) is 11.9 Å². The van der Waals surface area contributed by atoms with Crippen molar-refractivity contribution >= 4 is 5.97 Å². The van der Waals surface area contributed by atoms with Crippen LogP contribution in [-0.2, 0) is 9.53 Å². The van der Waals surface area contributed by atoms with E-state index in [1.54, 1.807) is 0 Å². The number of hydrogen-bond donors (Lipinski definition) is 0. The van der Waals surface area contributed by atoms with E-state index in [0.717, 1.165) is 32.1 Å². The lowest BCUT2D eigenvalue weighted by molar-refractivity contribution is -0.148. The molecular weight excluding hydrogens is 212 g/mol. The fraction of sp³-hybridized carbons (Fsp3) is 0.800. The number of carbonyl (C=O) groups excluding carboxylic acids is 1. The number of cyclic esters (lactones) is 1. The van der Waals surface area contributed by atoms with E-state index in [4.69, 9.17) is 4.74 Å². The van der Waals surface area contributed by atoms with E-state index in [0.29, 0.717) is 6.61 Å². The van der Waals surface area contributed by atoms with Crippen molar-refractivity contribution < 1.29 is 9.53 Å². The first kappa shape index (κ1) is 14.3. The van der Waals surface area contributed by atoms with Gasteiger partial charge in [-0.25, -0.2) is 0 Å². The molecule has 0 spiro atoms. The number of allylic oxidation sites excluding steroid dienone is 2. The lowest BCUT2D eigenvalue weighted by atomic mass is 10.0. The second-order valence-corrected chi connectivity index (χ2v) is 5.03. The first-order chi connectivity index (χ1) is 8.30. The number of ether oxygens (including phenoxy) is 1. The van der Waals surface area contributed by atoms with Gasteiger partial charge in [-0.3, -0.25) is 4.79 Å². The highest BCUT2D eigenvalue weighted by Gasteiger charge is 2.13. The maximum absolute atomic E-state index is 11.6. The van der Waals surface area contributed by atoms with Crippen LogP contribution in [0.1, 0.15) is 64.7 Å². The molecule has 0 amide bonds. The van der Waals surface area contributed by atoms with Gasteiger partial charge in [-0.2, -0.15) is 0 Å². The summed E-state index contributed by atoms with van der Waals surface area (Å²) in [5.74, 6) is 0.0775. The normalized spacial score (nSPS) is 27.6. The number of esters is 1. The predicted octanol–water partition coefficient (Wildman–Crippen LogP) is 4.25. The Labute approximate surface area is 105 Å². The van der Waals surface area contributed by atoms with Crippen LogP contribution < -0.4 is 0 Å². The average molecular weight is 238 g/mol. The summed E-state index contributed by atoms with van der Waals surface area (Å²) >= 11 is 0. The molecule has 0 aliphatic carbocycles. The van der Waals surface area contributed by atoms with E-state index in [1.165, 1.54) is 25.7 Å². The Morgan fingerprint density at radius 1 is 1.00 bits per heavy atom. The highest BCUT2D eigenvalue weighted by atomic mass is 16.5. The zero-order valence-electron chi connectivity index (χ0n) is 11.1. The quantitative estimate of drug-likeness (QED) is 0.466. The van der Waals surface area contributed by atoms with Crippen molar-refractivity contribution in [1.29, 1.82) is 0 Å². The largest absolute Gasteiger partial charge is 0.465 e. The molecule has 17 heavy (non-hydrogen) atoms. The van der Waals surface area contributed by atoms with Gasteiger partial charge in [0.15, 0.2) is 0 Å².